The Kier molecular flexibility index (Phi) is 2.77. The van der Waals surface area contributed by atoms with Crippen LogP contribution in [0.15, 0.2) is 28.9 Å². The van der Waals surface area contributed by atoms with Crippen LogP contribution in [0.1, 0.15) is 0 Å². The fraction of sp³-hybridized carbons (Fsp3) is 0.182. The molecule has 1 aromatic heterocycles. The molecule has 0 radical (unpaired) electrons. The van der Waals surface area contributed by atoms with Crippen molar-refractivity contribution >= 4 is 32.5 Å². The summed E-state index contributed by atoms with van der Waals surface area (Å²) in [6, 6.07) is 5.79. The van der Waals surface area contributed by atoms with Crippen molar-refractivity contribution in [2.45, 2.75) is 0 Å². The van der Waals surface area contributed by atoms with E-state index >= 15 is 0 Å². The van der Waals surface area contributed by atoms with E-state index in [0.29, 0.717) is 0 Å². The molecule has 0 bridgehead atoms. The number of methoxy groups -OCH3 is 1. The summed E-state index contributed by atoms with van der Waals surface area (Å²) in [5.74, 6) is 0.825. The molecule has 0 spiro atoms. The Morgan fingerprint density at radius 2 is 2.13 bits per heavy atom. The monoisotopic (exact) mass is 266 g/mol. The molecule has 0 saturated heterocycles. The lowest BCUT2D eigenvalue weighted by Crippen LogP contribution is -1.94. The smallest absolute Gasteiger partial charge is 0.130 e. The Bertz CT molecular complexity index is 489. The topological polar surface area (TPSA) is 34.2 Å². The molecule has 4 heteroatoms. The van der Waals surface area contributed by atoms with Crippen LogP contribution in [0.4, 0.5) is 5.69 Å². The molecule has 0 aliphatic rings. The number of aromatic nitrogens is 1. The Labute approximate surface area is 96.6 Å². The Hall–Kier alpha value is -1.29. The highest BCUT2D eigenvalue weighted by Gasteiger charge is 2.09. The predicted octanol–water partition coefficient (Wildman–Crippen LogP) is 3.05. The lowest BCUT2D eigenvalue weighted by atomic mass is 10.1. The van der Waals surface area contributed by atoms with Gasteiger partial charge in [-0.1, -0.05) is 0 Å². The Morgan fingerprint density at radius 3 is 2.80 bits per heavy atom. The molecule has 15 heavy (non-hydrogen) atoms. The van der Waals surface area contributed by atoms with Gasteiger partial charge in [0.2, 0.25) is 0 Å². The van der Waals surface area contributed by atoms with Gasteiger partial charge in [0.1, 0.15) is 5.75 Å². The van der Waals surface area contributed by atoms with Crippen LogP contribution in [0.5, 0.6) is 5.75 Å². The van der Waals surface area contributed by atoms with Crippen molar-refractivity contribution in [2.24, 2.45) is 0 Å². The van der Waals surface area contributed by atoms with Crippen molar-refractivity contribution in [1.82, 2.24) is 4.98 Å². The summed E-state index contributed by atoms with van der Waals surface area (Å²) >= 11 is 3.48. The lowest BCUT2D eigenvalue weighted by Gasteiger charge is -2.10. The molecule has 0 unspecified atom stereocenters. The maximum Gasteiger partial charge on any atom is 0.130 e. The molecule has 1 aromatic carbocycles. The number of nitrogens with zero attached hydrogens (tertiary/aromatic N) is 1. The number of fused-ring (bicyclic) bond motifs is 1. The molecule has 0 aliphatic carbocycles. The maximum absolute atomic E-state index is 5.32. The normalized spacial score (nSPS) is 10.3. The molecule has 0 amide bonds. The lowest BCUT2D eigenvalue weighted by molar-refractivity contribution is 0.420. The molecule has 2 rings (SSSR count). The number of hydrogen-bond donors (Lipinski definition) is 1. The van der Waals surface area contributed by atoms with E-state index in [9.17, 15) is 0 Å². The number of rotatable bonds is 2. The third-order valence-corrected chi connectivity index (χ3v) is 2.93. The SMILES string of the molecule is CNc1ccnc2c(Br)ccc(OC)c12. The second-order valence-electron chi connectivity index (χ2n) is 3.08. The van der Waals surface area contributed by atoms with Gasteiger partial charge >= 0.3 is 0 Å². The molecule has 78 valence electrons. The van der Waals surface area contributed by atoms with E-state index in [1.54, 1.807) is 13.3 Å². The van der Waals surface area contributed by atoms with Crippen molar-refractivity contribution in [3.05, 3.63) is 28.9 Å². The summed E-state index contributed by atoms with van der Waals surface area (Å²) < 4.78 is 6.29. The number of pyridine rings is 1. The second-order valence-corrected chi connectivity index (χ2v) is 3.94. The van der Waals surface area contributed by atoms with Gasteiger partial charge in [-0.05, 0) is 34.1 Å². The number of ether oxygens (including phenoxy) is 1. The van der Waals surface area contributed by atoms with E-state index < -0.39 is 0 Å². The Morgan fingerprint density at radius 1 is 1.33 bits per heavy atom. The zero-order chi connectivity index (χ0) is 10.8. The minimum Gasteiger partial charge on any atom is -0.496 e. The molecule has 2 aromatic rings. The van der Waals surface area contributed by atoms with Gasteiger partial charge in [-0.15, -0.1) is 0 Å². The minimum atomic E-state index is 0.825. The average molecular weight is 267 g/mol. The van der Waals surface area contributed by atoms with Gasteiger partial charge in [0.25, 0.3) is 0 Å². The molecular weight excluding hydrogens is 256 g/mol. The predicted molar refractivity (Wildman–Crippen MR) is 65.5 cm³/mol. The van der Waals surface area contributed by atoms with E-state index in [0.717, 1.165) is 26.8 Å². The van der Waals surface area contributed by atoms with E-state index in [-0.39, 0.29) is 0 Å². The Balaban J connectivity index is 2.87. The third-order valence-electron chi connectivity index (χ3n) is 2.29. The molecule has 1 N–H and O–H groups in total. The van der Waals surface area contributed by atoms with Crippen LogP contribution >= 0.6 is 15.9 Å². The number of anilines is 1. The second kappa shape index (κ2) is 4.06. The number of hydrogen-bond acceptors (Lipinski definition) is 3. The van der Waals surface area contributed by atoms with E-state index in [2.05, 4.69) is 26.2 Å². The van der Waals surface area contributed by atoms with Crippen LogP contribution in [-0.2, 0) is 0 Å². The quantitative estimate of drug-likeness (QED) is 0.908. The third kappa shape index (κ3) is 1.65. The van der Waals surface area contributed by atoms with Crippen LogP contribution < -0.4 is 10.1 Å². The first-order valence-corrected chi connectivity index (χ1v) is 5.36. The van der Waals surface area contributed by atoms with Crippen LogP contribution in [0.3, 0.4) is 0 Å². The van der Waals surface area contributed by atoms with Gasteiger partial charge in [-0.25, -0.2) is 0 Å². The van der Waals surface area contributed by atoms with Crippen molar-refractivity contribution < 1.29 is 4.74 Å². The number of halogens is 1. The van der Waals surface area contributed by atoms with Gasteiger partial charge in [0, 0.05) is 23.4 Å². The van der Waals surface area contributed by atoms with Crippen molar-refractivity contribution in [3.63, 3.8) is 0 Å². The summed E-state index contributed by atoms with van der Waals surface area (Å²) in [7, 11) is 3.55. The molecule has 1 heterocycles. The van der Waals surface area contributed by atoms with E-state index in [1.807, 2.05) is 25.2 Å². The van der Waals surface area contributed by atoms with Crippen LogP contribution in [-0.4, -0.2) is 19.1 Å². The van der Waals surface area contributed by atoms with Crippen molar-refractivity contribution in [3.8, 4) is 5.75 Å². The van der Waals surface area contributed by atoms with Gasteiger partial charge in [-0.2, -0.15) is 0 Å². The van der Waals surface area contributed by atoms with Gasteiger partial charge < -0.3 is 10.1 Å². The fourth-order valence-electron chi connectivity index (χ4n) is 1.58. The van der Waals surface area contributed by atoms with Gasteiger partial charge in [0.05, 0.1) is 18.0 Å². The molecule has 0 atom stereocenters. The molecular formula is C11H11BrN2O. The molecule has 0 aliphatic heterocycles. The number of nitrogens with one attached hydrogen (secondary N) is 1. The van der Waals surface area contributed by atoms with Crippen molar-refractivity contribution in [2.75, 3.05) is 19.5 Å². The first-order valence-electron chi connectivity index (χ1n) is 4.57. The summed E-state index contributed by atoms with van der Waals surface area (Å²) in [5.41, 5.74) is 1.92. The maximum atomic E-state index is 5.32. The van der Waals surface area contributed by atoms with Crippen molar-refractivity contribution in [1.29, 1.82) is 0 Å². The highest BCUT2D eigenvalue weighted by atomic mass is 79.9. The first kappa shape index (κ1) is 10.2. The highest BCUT2D eigenvalue weighted by molar-refractivity contribution is 9.10. The standard InChI is InChI=1S/C11H11BrN2O/c1-13-8-5-6-14-11-7(12)3-4-9(15-2)10(8)11/h3-6H,1-2H3,(H,13,14). The van der Waals surface area contributed by atoms with E-state index in [4.69, 9.17) is 4.74 Å². The first-order chi connectivity index (χ1) is 7.27. The van der Waals surface area contributed by atoms with Crippen LogP contribution in [0.2, 0.25) is 0 Å². The highest BCUT2D eigenvalue weighted by Crippen LogP contribution is 2.34. The average Bonchev–Trinajstić information content (AvgIpc) is 2.29. The fourth-order valence-corrected chi connectivity index (χ4v) is 2.01. The van der Waals surface area contributed by atoms with Crippen LogP contribution in [0, 0.1) is 0 Å². The van der Waals surface area contributed by atoms with Gasteiger partial charge in [0.15, 0.2) is 0 Å². The number of benzene rings is 1. The molecule has 0 fully saturated rings. The summed E-state index contributed by atoms with van der Waals surface area (Å²) in [5, 5.41) is 4.13. The zero-order valence-electron chi connectivity index (χ0n) is 8.54. The molecule has 3 nitrogen and oxygen atoms in total. The molecule has 0 saturated carbocycles. The zero-order valence-corrected chi connectivity index (χ0v) is 10.1. The minimum absolute atomic E-state index is 0.825. The summed E-state index contributed by atoms with van der Waals surface area (Å²) in [6.07, 6.45) is 1.78. The largest absolute Gasteiger partial charge is 0.496 e. The summed E-state index contributed by atoms with van der Waals surface area (Å²) in [4.78, 5) is 4.33. The van der Waals surface area contributed by atoms with E-state index in [1.165, 1.54) is 0 Å². The summed E-state index contributed by atoms with van der Waals surface area (Å²) in [6.45, 7) is 0. The van der Waals surface area contributed by atoms with Gasteiger partial charge in [-0.3, -0.25) is 4.98 Å². The van der Waals surface area contributed by atoms with Crippen LogP contribution in [0.25, 0.3) is 10.9 Å².